The van der Waals surface area contributed by atoms with E-state index in [2.05, 4.69) is 45.4 Å². The van der Waals surface area contributed by atoms with Crippen LogP contribution in [0.5, 0.6) is 0 Å². The van der Waals surface area contributed by atoms with Crippen LogP contribution >= 0.6 is 15.9 Å². The summed E-state index contributed by atoms with van der Waals surface area (Å²) in [7, 11) is 0. The van der Waals surface area contributed by atoms with Gasteiger partial charge in [-0.1, -0.05) is 27.9 Å². The summed E-state index contributed by atoms with van der Waals surface area (Å²) in [5.41, 5.74) is 8.74. The van der Waals surface area contributed by atoms with Gasteiger partial charge in [0.05, 0.1) is 6.04 Å². The van der Waals surface area contributed by atoms with Crippen molar-refractivity contribution in [3.63, 3.8) is 0 Å². The minimum Gasteiger partial charge on any atom is -0.329 e. The maximum atomic E-state index is 5.99. The molecular weight excluding hydrogens is 288 g/mol. The van der Waals surface area contributed by atoms with Gasteiger partial charge in [0.25, 0.3) is 0 Å². The predicted octanol–water partition coefficient (Wildman–Crippen LogP) is 2.25. The minimum absolute atomic E-state index is 0.0490. The van der Waals surface area contributed by atoms with Crippen LogP contribution in [0.4, 0.5) is 0 Å². The normalized spacial score (nSPS) is 24.1. The van der Waals surface area contributed by atoms with Gasteiger partial charge in [0.1, 0.15) is 0 Å². The number of fused-ring (bicyclic) bond motifs is 1. The quantitative estimate of drug-likeness (QED) is 0.841. The summed E-state index contributed by atoms with van der Waals surface area (Å²) in [6.07, 6.45) is 8.51. The third kappa shape index (κ3) is 2.77. The molecule has 1 aromatic rings. The molecule has 1 aromatic carbocycles. The Morgan fingerprint density at radius 3 is 3.00 bits per heavy atom. The van der Waals surface area contributed by atoms with E-state index in [0.29, 0.717) is 6.54 Å². The third-order valence-electron chi connectivity index (χ3n) is 3.73. The van der Waals surface area contributed by atoms with Crippen LogP contribution in [-0.2, 0) is 12.8 Å². The molecule has 2 unspecified atom stereocenters. The molecule has 3 heteroatoms. The number of nitrogens with one attached hydrogen (secondary N) is 1. The first kappa shape index (κ1) is 13.6. The molecule has 2 nitrogen and oxygen atoms in total. The van der Waals surface area contributed by atoms with E-state index in [9.17, 15) is 0 Å². The van der Waals surface area contributed by atoms with Gasteiger partial charge in [0.15, 0.2) is 0 Å². The second-order valence-corrected chi connectivity index (χ2v) is 6.02. The molecule has 2 rings (SSSR count). The summed E-state index contributed by atoms with van der Waals surface area (Å²) >= 11 is 3.52. The number of halogens is 1. The van der Waals surface area contributed by atoms with Gasteiger partial charge >= 0.3 is 0 Å². The molecule has 3 N–H and O–H groups in total. The van der Waals surface area contributed by atoms with Crippen LogP contribution in [0.15, 0.2) is 22.7 Å². The van der Waals surface area contributed by atoms with Crippen LogP contribution in [0.1, 0.15) is 24.5 Å². The molecule has 0 amide bonds. The third-order valence-corrected chi connectivity index (χ3v) is 4.23. The summed E-state index contributed by atoms with van der Waals surface area (Å²) in [4.78, 5) is 0. The van der Waals surface area contributed by atoms with Crippen molar-refractivity contribution in [2.24, 2.45) is 5.73 Å². The summed E-state index contributed by atoms with van der Waals surface area (Å²) < 4.78 is 1.14. The van der Waals surface area contributed by atoms with Crippen molar-refractivity contribution in [3.8, 4) is 12.3 Å². The van der Waals surface area contributed by atoms with E-state index < -0.39 is 0 Å². The Labute approximate surface area is 117 Å². The molecule has 0 spiro atoms. The molecule has 96 valence electrons. The van der Waals surface area contributed by atoms with E-state index >= 15 is 0 Å². The summed E-state index contributed by atoms with van der Waals surface area (Å²) in [6.45, 7) is 2.63. The Balaban J connectivity index is 2.23. The topological polar surface area (TPSA) is 38.0 Å². The minimum atomic E-state index is -0.0490. The van der Waals surface area contributed by atoms with Gasteiger partial charge in [-0.15, -0.1) is 6.42 Å². The zero-order valence-electron chi connectivity index (χ0n) is 10.7. The highest BCUT2D eigenvalue weighted by Gasteiger charge is 2.33. The molecule has 0 heterocycles. The van der Waals surface area contributed by atoms with Gasteiger partial charge in [-0.2, -0.15) is 0 Å². The van der Waals surface area contributed by atoms with Crippen molar-refractivity contribution in [2.75, 3.05) is 6.54 Å². The van der Waals surface area contributed by atoms with Crippen LogP contribution in [0.3, 0.4) is 0 Å². The fraction of sp³-hybridized carbons (Fsp3) is 0.467. The molecule has 0 aliphatic heterocycles. The maximum absolute atomic E-state index is 5.99. The van der Waals surface area contributed by atoms with E-state index in [1.54, 1.807) is 0 Å². The van der Waals surface area contributed by atoms with Crippen molar-refractivity contribution in [1.82, 2.24) is 5.32 Å². The number of aryl methyl sites for hydroxylation is 1. The summed E-state index contributed by atoms with van der Waals surface area (Å²) in [6, 6.07) is 6.55. The van der Waals surface area contributed by atoms with Crippen molar-refractivity contribution >= 4 is 15.9 Å². The first-order valence-electron chi connectivity index (χ1n) is 6.30. The van der Waals surface area contributed by atoms with Crippen LogP contribution in [0.2, 0.25) is 0 Å². The predicted molar refractivity (Wildman–Crippen MR) is 79.4 cm³/mol. The van der Waals surface area contributed by atoms with Gasteiger partial charge in [0, 0.05) is 16.6 Å². The lowest BCUT2D eigenvalue weighted by molar-refractivity contribution is 0.283. The van der Waals surface area contributed by atoms with E-state index in [-0.39, 0.29) is 11.6 Å². The van der Waals surface area contributed by atoms with Gasteiger partial charge in [-0.25, -0.2) is 0 Å². The first-order chi connectivity index (χ1) is 8.58. The van der Waals surface area contributed by atoms with Gasteiger partial charge in [-0.3, -0.25) is 5.32 Å². The average molecular weight is 307 g/mol. The molecule has 1 aliphatic carbocycles. The smallest absolute Gasteiger partial charge is 0.0663 e. The van der Waals surface area contributed by atoms with E-state index in [4.69, 9.17) is 12.2 Å². The lowest BCUT2D eigenvalue weighted by atomic mass is 9.77. The second kappa shape index (κ2) is 5.44. The largest absolute Gasteiger partial charge is 0.329 e. The van der Waals surface area contributed by atoms with Crippen LogP contribution in [0.25, 0.3) is 0 Å². The second-order valence-electron chi connectivity index (χ2n) is 5.11. The molecule has 0 saturated heterocycles. The van der Waals surface area contributed by atoms with Crippen molar-refractivity contribution < 1.29 is 0 Å². The Bertz CT molecular complexity index is 478. The van der Waals surface area contributed by atoms with Gasteiger partial charge in [0.2, 0.25) is 0 Å². The molecule has 0 aromatic heterocycles. The van der Waals surface area contributed by atoms with Gasteiger partial charge < -0.3 is 5.73 Å². The van der Waals surface area contributed by atoms with E-state index in [1.807, 2.05) is 6.92 Å². The van der Waals surface area contributed by atoms with Gasteiger partial charge in [-0.05, 0) is 49.4 Å². The SMILES string of the molecule is C#CC(C)NC1(CN)CCc2cc(Br)ccc2C1. The van der Waals surface area contributed by atoms with Crippen molar-refractivity contribution in [1.29, 1.82) is 0 Å². The number of hydrogen-bond donors (Lipinski definition) is 2. The fourth-order valence-electron chi connectivity index (χ4n) is 2.68. The standard InChI is InChI=1S/C15H19BrN2/c1-3-11(2)18-15(10-17)7-6-12-8-14(16)5-4-13(12)9-15/h1,4-5,8,11,18H,6-7,9-10,17H2,2H3. The Morgan fingerprint density at radius 1 is 1.56 bits per heavy atom. The highest BCUT2D eigenvalue weighted by molar-refractivity contribution is 9.10. The molecule has 18 heavy (non-hydrogen) atoms. The van der Waals surface area contributed by atoms with Crippen LogP contribution in [-0.4, -0.2) is 18.1 Å². The Morgan fingerprint density at radius 2 is 2.33 bits per heavy atom. The van der Waals surface area contributed by atoms with E-state index in [0.717, 1.165) is 23.7 Å². The number of rotatable bonds is 3. The van der Waals surface area contributed by atoms with E-state index in [1.165, 1.54) is 11.1 Å². The molecule has 0 saturated carbocycles. The average Bonchev–Trinajstić information content (AvgIpc) is 2.39. The van der Waals surface area contributed by atoms with Crippen molar-refractivity contribution in [3.05, 3.63) is 33.8 Å². The Hall–Kier alpha value is -0.820. The molecule has 1 aliphatic rings. The number of nitrogens with two attached hydrogens (primary N) is 1. The highest BCUT2D eigenvalue weighted by atomic mass is 79.9. The Kier molecular flexibility index (Phi) is 4.11. The molecule has 0 radical (unpaired) electrons. The molecule has 0 bridgehead atoms. The lowest BCUT2D eigenvalue weighted by Crippen LogP contribution is -2.57. The monoisotopic (exact) mass is 306 g/mol. The summed E-state index contributed by atoms with van der Waals surface area (Å²) in [5, 5.41) is 3.51. The van der Waals surface area contributed by atoms with Crippen molar-refractivity contribution in [2.45, 2.75) is 37.8 Å². The zero-order chi connectivity index (χ0) is 13.2. The number of benzene rings is 1. The fourth-order valence-corrected chi connectivity index (χ4v) is 3.09. The first-order valence-corrected chi connectivity index (χ1v) is 7.09. The number of hydrogen-bond acceptors (Lipinski definition) is 2. The zero-order valence-corrected chi connectivity index (χ0v) is 12.3. The highest BCUT2D eigenvalue weighted by Crippen LogP contribution is 2.30. The van der Waals surface area contributed by atoms with Crippen LogP contribution < -0.4 is 11.1 Å². The molecular formula is C15H19BrN2. The van der Waals surface area contributed by atoms with Crippen LogP contribution in [0, 0.1) is 12.3 Å². The molecule has 0 fully saturated rings. The summed E-state index contributed by atoms with van der Waals surface area (Å²) in [5.74, 6) is 2.73. The molecule has 2 atom stereocenters. The maximum Gasteiger partial charge on any atom is 0.0663 e. The lowest BCUT2D eigenvalue weighted by Gasteiger charge is -2.39. The number of terminal acetylenes is 1.